The molecule has 162 valence electrons. The van der Waals surface area contributed by atoms with Crippen LogP contribution in [0.25, 0.3) is 0 Å². The number of carbonyl (C=O) groups is 1. The number of para-hydroxylation sites is 1. The molecule has 2 N–H and O–H groups in total. The molecule has 3 aromatic rings. The Kier molecular flexibility index (Phi) is 7.48. The first-order valence-corrected chi connectivity index (χ1v) is 11.8. The lowest BCUT2D eigenvalue weighted by atomic mass is 10.1. The molecule has 6 nitrogen and oxygen atoms in total. The number of hydrogen-bond donors (Lipinski definition) is 2. The molecular weight excluding hydrogens is 480 g/mol. The van der Waals surface area contributed by atoms with Gasteiger partial charge >= 0.3 is 0 Å². The largest absolute Gasteiger partial charge is 0.495 e. The standard InChI is InChI=1S/C23H23BrN2O4S/c1-16-12-13-21(30-2)22(14-16)31(28,29)26-20(15-17-8-4-3-5-9-17)23(27)25-19-11-7-6-10-18(19)24/h3-14,20,26H,15H2,1-2H3,(H,25,27). The molecule has 1 atom stereocenters. The summed E-state index contributed by atoms with van der Waals surface area (Å²) in [5.74, 6) is -0.256. The highest BCUT2D eigenvalue weighted by Gasteiger charge is 2.28. The van der Waals surface area contributed by atoms with Gasteiger partial charge in [0.05, 0.1) is 12.8 Å². The van der Waals surface area contributed by atoms with Crippen molar-refractivity contribution in [2.45, 2.75) is 24.3 Å². The Hall–Kier alpha value is -2.68. The van der Waals surface area contributed by atoms with E-state index in [-0.39, 0.29) is 17.1 Å². The van der Waals surface area contributed by atoms with Gasteiger partial charge in [-0.3, -0.25) is 4.79 Å². The second-order valence-electron chi connectivity index (χ2n) is 6.99. The summed E-state index contributed by atoms with van der Waals surface area (Å²) in [5.41, 5.74) is 2.14. The van der Waals surface area contributed by atoms with E-state index >= 15 is 0 Å². The maximum atomic E-state index is 13.2. The molecule has 0 saturated heterocycles. The summed E-state index contributed by atoms with van der Waals surface area (Å²) in [4.78, 5) is 13.1. The average molecular weight is 503 g/mol. The first-order valence-electron chi connectivity index (χ1n) is 9.56. The van der Waals surface area contributed by atoms with Gasteiger partial charge in [-0.15, -0.1) is 0 Å². The molecule has 3 rings (SSSR count). The number of ether oxygens (including phenoxy) is 1. The molecule has 3 aromatic carbocycles. The van der Waals surface area contributed by atoms with Gasteiger partial charge in [0.1, 0.15) is 16.7 Å². The minimum atomic E-state index is -4.04. The molecule has 1 amide bonds. The Bertz CT molecular complexity index is 1170. The number of amides is 1. The molecule has 0 saturated carbocycles. The Balaban J connectivity index is 1.93. The lowest BCUT2D eigenvalue weighted by Gasteiger charge is -2.20. The van der Waals surface area contributed by atoms with Gasteiger partial charge < -0.3 is 10.1 Å². The highest BCUT2D eigenvalue weighted by atomic mass is 79.9. The monoisotopic (exact) mass is 502 g/mol. The Morgan fingerprint density at radius 2 is 1.71 bits per heavy atom. The van der Waals surface area contributed by atoms with Gasteiger partial charge in [0.25, 0.3) is 0 Å². The zero-order chi connectivity index (χ0) is 22.4. The van der Waals surface area contributed by atoms with Gasteiger partial charge in [0.15, 0.2) is 0 Å². The van der Waals surface area contributed by atoms with E-state index in [1.807, 2.05) is 36.4 Å². The van der Waals surface area contributed by atoms with Crippen LogP contribution >= 0.6 is 15.9 Å². The molecule has 31 heavy (non-hydrogen) atoms. The second-order valence-corrected chi connectivity index (χ2v) is 9.52. The fraction of sp³-hybridized carbons (Fsp3) is 0.174. The number of benzene rings is 3. The Labute approximate surface area is 190 Å². The number of carbonyl (C=O) groups excluding carboxylic acids is 1. The van der Waals surface area contributed by atoms with Crippen molar-refractivity contribution in [2.75, 3.05) is 12.4 Å². The van der Waals surface area contributed by atoms with Gasteiger partial charge in [-0.1, -0.05) is 48.5 Å². The van der Waals surface area contributed by atoms with Crippen molar-refractivity contribution >= 4 is 37.5 Å². The Morgan fingerprint density at radius 3 is 2.39 bits per heavy atom. The second kappa shape index (κ2) is 10.1. The smallest absolute Gasteiger partial charge is 0.245 e. The van der Waals surface area contributed by atoms with Crippen LogP contribution in [0.1, 0.15) is 11.1 Å². The first kappa shape index (κ1) is 23.0. The molecule has 8 heteroatoms. The van der Waals surface area contributed by atoms with Gasteiger partial charge in [-0.25, -0.2) is 8.42 Å². The van der Waals surface area contributed by atoms with Crippen LogP contribution in [0.3, 0.4) is 0 Å². The van der Waals surface area contributed by atoms with Crippen LogP contribution < -0.4 is 14.8 Å². The number of anilines is 1. The maximum Gasteiger partial charge on any atom is 0.245 e. The summed E-state index contributed by atoms with van der Waals surface area (Å²) in [6.07, 6.45) is 0.185. The zero-order valence-corrected chi connectivity index (χ0v) is 19.5. The molecule has 0 radical (unpaired) electrons. The molecule has 0 aromatic heterocycles. The quantitative estimate of drug-likeness (QED) is 0.480. The minimum Gasteiger partial charge on any atom is -0.495 e. The SMILES string of the molecule is COc1ccc(C)cc1S(=O)(=O)NC(Cc1ccccc1)C(=O)Nc1ccccc1Br. The molecule has 0 aliphatic rings. The number of methoxy groups -OCH3 is 1. The first-order chi connectivity index (χ1) is 14.8. The van der Waals surface area contributed by atoms with E-state index in [1.165, 1.54) is 13.2 Å². The van der Waals surface area contributed by atoms with Crippen molar-refractivity contribution in [3.05, 3.63) is 88.4 Å². The highest BCUT2D eigenvalue weighted by molar-refractivity contribution is 9.10. The molecule has 0 aliphatic carbocycles. The van der Waals surface area contributed by atoms with Crippen molar-refractivity contribution in [1.82, 2.24) is 4.72 Å². The van der Waals surface area contributed by atoms with Gasteiger partial charge in [0.2, 0.25) is 15.9 Å². The van der Waals surface area contributed by atoms with Crippen LogP contribution in [0.5, 0.6) is 5.75 Å². The fourth-order valence-electron chi connectivity index (χ4n) is 3.06. The third-order valence-electron chi connectivity index (χ3n) is 4.64. The molecule has 0 fully saturated rings. The summed E-state index contributed by atoms with van der Waals surface area (Å²) >= 11 is 3.40. The molecule has 0 heterocycles. The molecule has 0 aliphatic heterocycles. The van der Waals surface area contributed by atoms with Crippen molar-refractivity contribution < 1.29 is 17.9 Å². The number of rotatable bonds is 8. The number of halogens is 1. The van der Waals surface area contributed by atoms with Crippen molar-refractivity contribution in [1.29, 1.82) is 0 Å². The van der Waals surface area contributed by atoms with Crippen molar-refractivity contribution in [3.63, 3.8) is 0 Å². The predicted molar refractivity (Wildman–Crippen MR) is 125 cm³/mol. The van der Waals surface area contributed by atoms with E-state index in [9.17, 15) is 13.2 Å². The Morgan fingerprint density at radius 1 is 1.03 bits per heavy atom. The summed E-state index contributed by atoms with van der Waals surface area (Å²) in [7, 11) is -2.63. The van der Waals surface area contributed by atoms with Crippen molar-refractivity contribution in [2.24, 2.45) is 0 Å². The molecular formula is C23H23BrN2O4S. The van der Waals surface area contributed by atoms with Gasteiger partial charge in [0, 0.05) is 4.47 Å². The van der Waals surface area contributed by atoms with Crippen molar-refractivity contribution in [3.8, 4) is 5.75 Å². The summed E-state index contributed by atoms with van der Waals surface area (Å²) < 4.78 is 34.9. The van der Waals surface area contributed by atoms with Crippen LogP contribution in [0, 0.1) is 6.92 Å². The van der Waals surface area contributed by atoms with E-state index in [0.29, 0.717) is 10.2 Å². The lowest BCUT2D eigenvalue weighted by Crippen LogP contribution is -2.45. The fourth-order valence-corrected chi connectivity index (χ4v) is 4.90. The number of hydrogen-bond acceptors (Lipinski definition) is 4. The number of aryl methyl sites for hydroxylation is 1. The maximum absolute atomic E-state index is 13.2. The highest BCUT2D eigenvalue weighted by Crippen LogP contribution is 2.26. The van der Waals surface area contributed by atoms with E-state index in [1.54, 1.807) is 37.3 Å². The minimum absolute atomic E-state index is 0.0123. The third kappa shape index (κ3) is 5.94. The molecule has 0 spiro atoms. The summed E-state index contributed by atoms with van der Waals surface area (Å²) in [6.45, 7) is 1.79. The van der Waals surface area contributed by atoms with Crippen LogP contribution in [0.2, 0.25) is 0 Å². The molecule has 0 bridgehead atoms. The average Bonchev–Trinajstić information content (AvgIpc) is 2.75. The lowest BCUT2D eigenvalue weighted by molar-refractivity contribution is -0.117. The van der Waals surface area contributed by atoms with E-state index < -0.39 is 22.0 Å². The molecule has 1 unspecified atom stereocenters. The number of nitrogens with one attached hydrogen (secondary N) is 2. The van der Waals surface area contributed by atoms with Crippen LogP contribution in [0.15, 0.2) is 82.2 Å². The zero-order valence-electron chi connectivity index (χ0n) is 17.1. The van der Waals surface area contributed by atoms with Crippen LogP contribution in [0.4, 0.5) is 5.69 Å². The third-order valence-corrected chi connectivity index (χ3v) is 6.82. The predicted octanol–water partition coefficient (Wildman–Crippen LogP) is 4.29. The van der Waals surface area contributed by atoms with Crippen LogP contribution in [-0.2, 0) is 21.2 Å². The summed E-state index contributed by atoms with van der Waals surface area (Å²) in [6, 6.07) is 20.2. The number of sulfonamides is 1. The van der Waals surface area contributed by atoms with E-state index in [0.717, 1.165) is 11.1 Å². The topological polar surface area (TPSA) is 84.5 Å². The van der Waals surface area contributed by atoms with E-state index in [2.05, 4.69) is 26.0 Å². The summed E-state index contributed by atoms with van der Waals surface area (Å²) in [5, 5.41) is 2.80. The normalized spacial score (nSPS) is 12.2. The van der Waals surface area contributed by atoms with E-state index in [4.69, 9.17) is 4.74 Å². The van der Waals surface area contributed by atoms with Crippen LogP contribution in [-0.4, -0.2) is 27.5 Å². The van der Waals surface area contributed by atoms with Gasteiger partial charge in [-0.05, 0) is 64.7 Å². The van der Waals surface area contributed by atoms with Gasteiger partial charge in [-0.2, -0.15) is 4.72 Å².